The van der Waals surface area contributed by atoms with Crippen molar-refractivity contribution >= 4 is 19.5 Å². The van der Waals surface area contributed by atoms with Crippen molar-refractivity contribution in [2.24, 2.45) is 0 Å². The van der Waals surface area contributed by atoms with Gasteiger partial charge in [0, 0.05) is 11.1 Å². The Bertz CT molecular complexity index is 1010. The number of ether oxygens (including phenoxy) is 1. The summed E-state index contributed by atoms with van der Waals surface area (Å²) >= 11 is 0. The van der Waals surface area contributed by atoms with Gasteiger partial charge in [0.05, 0.1) is 0 Å². The summed E-state index contributed by atoms with van der Waals surface area (Å²) in [6.07, 6.45) is 7.31. The standard InChI is InChI=1S/C25H28O2Si/c1-17(26-18(2)27-28(3,4)5)24-22-14-9-8-13-21(22)23-16-10-15-20(25(23)24)19-11-6-7-12-19/h6-11,13-16,18H,12H2,1-5H3/b24-17-. The maximum Gasteiger partial charge on any atom is 0.188 e. The van der Waals surface area contributed by atoms with Crippen LogP contribution in [0.3, 0.4) is 0 Å². The molecule has 2 aliphatic carbocycles. The van der Waals surface area contributed by atoms with Crippen molar-refractivity contribution in [2.75, 3.05) is 0 Å². The third-order valence-corrected chi connectivity index (χ3v) is 6.17. The molecule has 0 radical (unpaired) electrons. The van der Waals surface area contributed by atoms with Crippen molar-refractivity contribution in [3.05, 3.63) is 83.1 Å². The van der Waals surface area contributed by atoms with E-state index in [1.54, 1.807) is 0 Å². The molecule has 0 fully saturated rings. The number of fused-ring (bicyclic) bond motifs is 3. The van der Waals surface area contributed by atoms with Gasteiger partial charge in [-0.25, -0.2) is 0 Å². The van der Waals surface area contributed by atoms with Gasteiger partial charge in [-0.3, -0.25) is 0 Å². The van der Waals surface area contributed by atoms with Crippen molar-refractivity contribution < 1.29 is 9.16 Å². The smallest absolute Gasteiger partial charge is 0.188 e. The van der Waals surface area contributed by atoms with Gasteiger partial charge in [0.25, 0.3) is 0 Å². The van der Waals surface area contributed by atoms with Gasteiger partial charge in [0.15, 0.2) is 14.6 Å². The fraction of sp³-hybridized carbons (Fsp3) is 0.280. The van der Waals surface area contributed by atoms with E-state index < -0.39 is 8.32 Å². The molecule has 0 amide bonds. The van der Waals surface area contributed by atoms with E-state index in [0.29, 0.717) is 0 Å². The van der Waals surface area contributed by atoms with Crippen LogP contribution < -0.4 is 0 Å². The normalized spacial score (nSPS) is 17.8. The van der Waals surface area contributed by atoms with Gasteiger partial charge >= 0.3 is 0 Å². The van der Waals surface area contributed by atoms with Gasteiger partial charge in [-0.1, -0.05) is 60.7 Å². The average Bonchev–Trinajstić information content (AvgIpc) is 3.26. The molecule has 0 aliphatic heterocycles. The van der Waals surface area contributed by atoms with Crippen LogP contribution in [0.25, 0.3) is 22.3 Å². The van der Waals surface area contributed by atoms with E-state index in [2.05, 4.69) is 87.3 Å². The van der Waals surface area contributed by atoms with Gasteiger partial charge < -0.3 is 9.16 Å². The summed E-state index contributed by atoms with van der Waals surface area (Å²) in [4.78, 5) is 0. The van der Waals surface area contributed by atoms with Crippen LogP contribution in [0, 0.1) is 0 Å². The highest BCUT2D eigenvalue weighted by atomic mass is 28.4. The highest BCUT2D eigenvalue weighted by Gasteiger charge is 2.29. The Hall–Kier alpha value is -2.36. The van der Waals surface area contributed by atoms with Crippen LogP contribution in [0.15, 0.2) is 66.5 Å². The van der Waals surface area contributed by atoms with E-state index in [0.717, 1.165) is 12.2 Å². The molecule has 0 bridgehead atoms. The molecule has 0 spiro atoms. The molecule has 144 valence electrons. The molecule has 2 aromatic rings. The number of rotatable bonds is 5. The van der Waals surface area contributed by atoms with E-state index in [4.69, 9.17) is 9.16 Å². The summed E-state index contributed by atoms with van der Waals surface area (Å²) in [6, 6.07) is 15.3. The first-order chi connectivity index (χ1) is 13.3. The molecule has 2 nitrogen and oxygen atoms in total. The van der Waals surface area contributed by atoms with Gasteiger partial charge in [-0.05, 0) is 67.7 Å². The second-order valence-corrected chi connectivity index (χ2v) is 12.9. The molecule has 0 saturated heterocycles. The van der Waals surface area contributed by atoms with Crippen LogP contribution in [0.1, 0.15) is 37.0 Å². The largest absolute Gasteiger partial charge is 0.470 e. The van der Waals surface area contributed by atoms with Crippen LogP contribution in [0.2, 0.25) is 19.6 Å². The first-order valence-electron chi connectivity index (χ1n) is 10.00. The van der Waals surface area contributed by atoms with Crippen molar-refractivity contribution in [3.63, 3.8) is 0 Å². The number of allylic oxidation sites excluding steroid dienone is 5. The molecule has 0 heterocycles. The number of hydrogen-bond donors (Lipinski definition) is 0. The molecular weight excluding hydrogens is 360 g/mol. The van der Waals surface area contributed by atoms with E-state index in [-0.39, 0.29) is 6.29 Å². The minimum absolute atomic E-state index is 0.255. The lowest BCUT2D eigenvalue weighted by Crippen LogP contribution is -2.31. The SMILES string of the molecule is C/C(OC(C)O[Si](C)(C)C)=C1\c2ccccc2-c2cccc(C3=CC=CC3)c21. The fourth-order valence-electron chi connectivity index (χ4n) is 4.23. The van der Waals surface area contributed by atoms with Gasteiger partial charge in [-0.2, -0.15) is 0 Å². The minimum Gasteiger partial charge on any atom is -0.470 e. The Morgan fingerprint density at radius 3 is 2.29 bits per heavy atom. The summed E-state index contributed by atoms with van der Waals surface area (Å²) in [5.41, 5.74) is 8.96. The first-order valence-corrected chi connectivity index (χ1v) is 13.4. The van der Waals surface area contributed by atoms with E-state index in [1.165, 1.54) is 39.0 Å². The number of benzene rings is 2. The zero-order chi connectivity index (χ0) is 19.9. The topological polar surface area (TPSA) is 18.5 Å². The summed E-state index contributed by atoms with van der Waals surface area (Å²) in [6.45, 7) is 10.6. The molecule has 3 heteroatoms. The molecule has 0 saturated carbocycles. The number of hydrogen-bond acceptors (Lipinski definition) is 2. The van der Waals surface area contributed by atoms with Crippen molar-refractivity contribution in [2.45, 2.75) is 46.2 Å². The summed E-state index contributed by atoms with van der Waals surface area (Å²) < 4.78 is 12.4. The predicted molar refractivity (Wildman–Crippen MR) is 120 cm³/mol. The fourth-order valence-corrected chi connectivity index (χ4v) is 5.27. The van der Waals surface area contributed by atoms with Crippen molar-refractivity contribution in [3.8, 4) is 11.1 Å². The molecule has 4 rings (SSSR count). The van der Waals surface area contributed by atoms with Crippen molar-refractivity contribution in [1.82, 2.24) is 0 Å². The lowest BCUT2D eigenvalue weighted by molar-refractivity contribution is -0.0333. The van der Waals surface area contributed by atoms with E-state index in [1.807, 2.05) is 6.92 Å². The van der Waals surface area contributed by atoms with Crippen LogP contribution in [-0.4, -0.2) is 14.6 Å². The second kappa shape index (κ2) is 7.23. The zero-order valence-electron chi connectivity index (χ0n) is 17.4. The lowest BCUT2D eigenvalue weighted by atomic mass is 9.92. The molecule has 28 heavy (non-hydrogen) atoms. The Balaban J connectivity index is 1.84. The molecule has 2 aromatic carbocycles. The lowest BCUT2D eigenvalue weighted by Gasteiger charge is -2.25. The highest BCUT2D eigenvalue weighted by Crippen LogP contribution is 2.49. The van der Waals surface area contributed by atoms with Crippen molar-refractivity contribution in [1.29, 1.82) is 0 Å². The third kappa shape index (κ3) is 3.52. The van der Waals surface area contributed by atoms with Gasteiger partial charge in [0.2, 0.25) is 0 Å². The van der Waals surface area contributed by atoms with Crippen LogP contribution in [0.4, 0.5) is 0 Å². The summed E-state index contributed by atoms with van der Waals surface area (Å²) in [5.74, 6) is 0.927. The molecule has 0 N–H and O–H groups in total. The highest BCUT2D eigenvalue weighted by molar-refractivity contribution is 6.69. The summed E-state index contributed by atoms with van der Waals surface area (Å²) in [7, 11) is -1.67. The maximum absolute atomic E-state index is 6.30. The Morgan fingerprint density at radius 2 is 1.61 bits per heavy atom. The van der Waals surface area contributed by atoms with Gasteiger partial charge in [0.1, 0.15) is 5.76 Å². The van der Waals surface area contributed by atoms with Gasteiger partial charge in [-0.15, -0.1) is 0 Å². The monoisotopic (exact) mass is 388 g/mol. The summed E-state index contributed by atoms with van der Waals surface area (Å²) in [5, 5.41) is 0. The third-order valence-electron chi connectivity index (χ3n) is 5.13. The van der Waals surface area contributed by atoms with E-state index in [9.17, 15) is 0 Å². The molecule has 2 aliphatic rings. The Kier molecular flexibility index (Phi) is 4.90. The molecule has 0 aromatic heterocycles. The average molecular weight is 389 g/mol. The molecule has 1 atom stereocenters. The predicted octanol–water partition coefficient (Wildman–Crippen LogP) is 7.00. The zero-order valence-corrected chi connectivity index (χ0v) is 18.4. The van der Waals surface area contributed by atoms with Crippen LogP contribution in [-0.2, 0) is 9.16 Å². The minimum atomic E-state index is -1.67. The Morgan fingerprint density at radius 1 is 0.929 bits per heavy atom. The van der Waals surface area contributed by atoms with Crippen LogP contribution in [0.5, 0.6) is 0 Å². The van der Waals surface area contributed by atoms with E-state index >= 15 is 0 Å². The maximum atomic E-state index is 6.30. The van der Waals surface area contributed by atoms with Crippen LogP contribution >= 0.6 is 0 Å². The second-order valence-electron chi connectivity index (χ2n) is 8.44. The molecular formula is C25H28O2Si. The Labute approximate surface area is 169 Å². The first kappa shape index (κ1) is 19.0. The molecule has 1 unspecified atom stereocenters. The quantitative estimate of drug-likeness (QED) is 0.266.